The Morgan fingerprint density at radius 1 is 1.40 bits per heavy atom. The van der Waals surface area contributed by atoms with Crippen LogP contribution in [0.3, 0.4) is 0 Å². The van der Waals surface area contributed by atoms with Crippen molar-refractivity contribution in [3.63, 3.8) is 0 Å². The van der Waals surface area contributed by atoms with E-state index in [0.717, 1.165) is 12.1 Å². The van der Waals surface area contributed by atoms with Gasteiger partial charge in [-0.2, -0.15) is 13.2 Å². The molecule has 112 valence electrons. The zero-order valence-electron chi connectivity index (χ0n) is 10.8. The summed E-state index contributed by atoms with van der Waals surface area (Å²) >= 11 is 10.7. The molecule has 0 aromatic heterocycles. The summed E-state index contributed by atoms with van der Waals surface area (Å²) < 4.78 is 42.9. The predicted molar refractivity (Wildman–Crippen MR) is 77.1 cm³/mol. The number of alkyl halides is 3. The van der Waals surface area contributed by atoms with E-state index in [2.05, 4.69) is 10.6 Å². The maximum Gasteiger partial charge on any atom is 0.416 e. The van der Waals surface area contributed by atoms with Crippen LogP contribution in [0.5, 0.6) is 0 Å². The highest BCUT2D eigenvalue weighted by Crippen LogP contribution is 2.33. The van der Waals surface area contributed by atoms with Crippen molar-refractivity contribution in [1.29, 1.82) is 0 Å². The van der Waals surface area contributed by atoms with Crippen molar-refractivity contribution in [3.8, 4) is 0 Å². The molecule has 1 unspecified atom stereocenters. The molecule has 0 saturated heterocycles. The zero-order valence-corrected chi connectivity index (χ0v) is 12.4. The van der Waals surface area contributed by atoms with Gasteiger partial charge in [0.05, 0.1) is 12.2 Å². The van der Waals surface area contributed by atoms with E-state index < -0.39 is 11.7 Å². The Morgan fingerprint density at radius 2 is 2.05 bits per heavy atom. The fourth-order valence-corrected chi connectivity index (χ4v) is 2.06. The fourth-order valence-electron chi connectivity index (χ4n) is 1.51. The van der Waals surface area contributed by atoms with Gasteiger partial charge < -0.3 is 15.4 Å². The van der Waals surface area contributed by atoms with Crippen molar-refractivity contribution in [2.75, 3.05) is 19.0 Å². The Kier molecular flexibility index (Phi) is 6.04. The molecule has 0 saturated carbocycles. The number of ether oxygens (including phenoxy) is 1. The maximum atomic E-state index is 12.6. The number of anilines is 1. The highest BCUT2D eigenvalue weighted by molar-refractivity contribution is 7.80. The van der Waals surface area contributed by atoms with Crippen LogP contribution < -0.4 is 10.6 Å². The number of nitrogens with one attached hydrogen (secondary N) is 2. The minimum absolute atomic E-state index is 0.0185. The first-order valence-corrected chi connectivity index (χ1v) is 6.45. The summed E-state index contributed by atoms with van der Waals surface area (Å²) in [4.78, 5) is 0. The van der Waals surface area contributed by atoms with Gasteiger partial charge in [-0.25, -0.2) is 0 Å². The number of methoxy groups -OCH3 is 1. The molecule has 0 bridgehead atoms. The molecule has 1 aromatic carbocycles. The summed E-state index contributed by atoms with van der Waals surface area (Å²) in [5, 5.41) is 5.72. The van der Waals surface area contributed by atoms with Gasteiger partial charge in [0.1, 0.15) is 0 Å². The topological polar surface area (TPSA) is 33.3 Å². The molecule has 3 nitrogen and oxygen atoms in total. The van der Waals surface area contributed by atoms with Crippen molar-refractivity contribution >= 4 is 34.6 Å². The third kappa shape index (κ3) is 5.52. The van der Waals surface area contributed by atoms with Crippen LogP contribution >= 0.6 is 23.8 Å². The van der Waals surface area contributed by atoms with Gasteiger partial charge in [0.25, 0.3) is 0 Å². The molecular weight excluding hydrogens is 313 g/mol. The fraction of sp³-hybridized carbons (Fsp3) is 0.417. The van der Waals surface area contributed by atoms with Crippen LogP contribution in [-0.4, -0.2) is 24.9 Å². The third-order valence-corrected chi connectivity index (χ3v) is 2.72. The van der Waals surface area contributed by atoms with Gasteiger partial charge in [0, 0.05) is 23.9 Å². The molecule has 0 amide bonds. The van der Waals surface area contributed by atoms with E-state index in [1.165, 1.54) is 6.07 Å². The first-order valence-electron chi connectivity index (χ1n) is 5.66. The van der Waals surface area contributed by atoms with Crippen molar-refractivity contribution in [2.45, 2.75) is 19.1 Å². The van der Waals surface area contributed by atoms with E-state index in [4.69, 9.17) is 28.6 Å². The lowest BCUT2D eigenvalue weighted by Gasteiger charge is -2.17. The molecule has 8 heteroatoms. The molecule has 1 atom stereocenters. The normalized spacial score (nSPS) is 12.9. The van der Waals surface area contributed by atoms with E-state index in [-0.39, 0.29) is 21.9 Å². The van der Waals surface area contributed by atoms with Gasteiger partial charge in [-0.15, -0.1) is 0 Å². The summed E-state index contributed by atoms with van der Waals surface area (Å²) in [6, 6.07) is 3.10. The summed E-state index contributed by atoms with van der Waals surface area (Å²) in [6.45, 7) is 2.25. The van der Waals surface area contributed by atoms with Gasteiger partial charge >= 0.3 is 6.18 Å². The van der Waals surface area contributed by atoms with Crippen LogP contribution in [0, 0.1) is 0 Å². The lowest BCUT2D eigenvalue weighted by molar-refractivity contribution is -0.137. The van der Waals surface area contributed by atoms with Crippen molar-refractivity contribution in [1.82, 2.24) is 5.32 Å². The van der Waals surface area contributed by atoms with E-state index in [1.807, 2.05) is 6.92 Å². The summed E-state index contributed by atoms with van der Waals surface area (Å²) in [5.41, 5.74) is -0.660. The van der Waals surface area contributed by atoms with Crippen molar-refractivity contribution in [2.24, 2.45) is 0 Å². The van der Waals surface area contributed by atoms with Gasteiger partial charge in [-0.3, -0.25) is 0 Å². The first kappa shape index (κ1) is 17.0. The molecule has 1 rings (SSSR count). The van der Waals surface area contributed by atoms with Gasteiger partial charge in [0.15, 0.2) is 5.11 Å². The lowest BCUT2D eigenvalue weighted by Crippen LogP contribution is -2.38. The zero-order chi connectivity index (χ0) is 15.3. The Balaban J connectivity index is 2.77. The number of benzene rings is 1. The maximum absolute atomic E-state index is 12.6. The Morgan fingerprint density at radius 3 is 2.60 bits per heavy atom. The number of thiocarbonyl (C=S) groups is 1. The second-order valence-electron chi connectivity index (χ2n) is 4.18. The van der Waals surface area contributed by atoms with Crippen LogP contribution in [-0.2, 0) is 10.9 Å². The Labute approximate surface area is 125 Å². The van der Waals surface area contributed by atoms with E-state index in [1.54, 1.807) is 7.11 Å². The van der Waals surface area contributed by atoms with Crippen molar-refractivity contribution in [3.05, 3.63) is 28.8 Å². The van der Waals surface area contributed by atoms with E-state index in [0.29, 0.717) is 6.61 Å². The summed E-state index contributed by atoms with van der Waals surface area (Å²) in [5.74, 6) is 0. The Bertz CT molecular complexity index is 482. The largest absolute Gasteiger partial charge is 0.416 e. The van der Waals surface area contributed by atoms with Gasteiger partial charge in [-0.1, -0.05) is 11.6 Å². The standard InChI is InChI=1S/C12H14ClF3N2OS/c1-7(6-19-2)17-11(20)18-10-4-8(12(14,15)16)3-9(13)5-10/h3-5,7H,6H2,1-2H3,(H2,17,18,20). The SMILES string of the molecule is COCC(C)NC(=S)Nc1cc(Cl)cc(C(F)(F)F)c1. The summed E-state index contributed by atoms with van der Waals surface area (Å²) in [7, 11) is 1.54. The van der Waals surface area contributed by atoms with Crippen LogP contribution in [0.4, 0.5) is 18.9 Å². The quantitative estimate of drug-likeness (QED) is 0.827. The monoisotopic (exact) mass is 326 g/mol. The first-order chi connectivity index (χ1) is 9.22. The number of rotatable bonds is 4. The molecular formula is C12H14ClF3N2OS. The third-order valence-electron chi connectivity index (χ3n) is 2.28. The molecule has 1 aromatic rings. The minimum Gasteiger partial charge on any atom is -0.383 e. The van der Waals surface area contributed by atoms with Crippen LogP contribution in [0.2, 0.25) is 5.02 Å². The number of hydrogen-bond acceptors (Lipinski definition) is 2. The average Bonchev–Trinajstić information content (AvgIpc) is 2.26. The van der Waals surface area contributed by atoms with E-state index in [9.17, 15) is 13.2 Å². The molecule has 0 aliphatic rings. The molecule has 0 heterocycles. The lowest BCUT2D eigenvalue weighted by atomic mass is 10.2. The van der Waals surface area contributed by atoms with Crippen molar-refractivity contribution < 1.29 is 17.9 Å². The number of hydrogen-bond donors (Lipinski definition) is 2. The molecule has 2 N–H and O–H groups in total. The minimum atomic E-state index is -4.46. The Hall–Kier alpha value is -1.05. The summed E-state index contributed by atoms with van der Waals surface area (Å²) in [6.07, 6.45) is -4.46. The predicted octanol–water partition coefficient (Wildman–Crippen LogP) is 3.68. The molecule has 0 aliphatic heterocycles. The second kappa shape index (κ2) is 7.10. The average molecular weight is 327 g/mol. The second-order valence-corrected chi connectivity index (χ2v) is 5.03. The van der Waals surface area contributed by atoms with Crippen LogP contribution in [0.1, 0.15) is 12.5 Å². The molecule has 0 spiro atoms. The molecule has 0 aliphatic carbocycles. The van der Waals surface area contributed by atoms with Crippen LogP contribution in [0.15, 0.2) is 18.2 Å². The number of halogens is 4. The molecule has 0 radical (unpaired) electrons. The van der Waals surface area contributed by atoms with Gasteiger partial charge in [-0.05, 0) is 37.3 Å². The van der Waals surface area contributed by atoms with E-state index >= 15 is 0 Å². The van der Waals surface area contributed by atoms with Crippen LogP contribution in [0.25, 0.3) is 0 Å². The molecule has 0 fully saturated rings. The highest BCUT2D eigenvalue weighted by atomic mass is 35.5. The van der Waals surface area contributed by atoms with Gasteiger partial charge in [0.2, 0.25) is 0 Å². The smallest absolute Gasteiger partial charge is 0.383 e. The molecule has 20 heavy (non-hydrogen) atoms. The highest BCUT2D eigenvalue weighted by Gasteiger charge is 2.31.